The van der Waals surface area contributed by atoms with Gasteiger partial charge in [0.1, 0.15) is 0 Å². The Bertz CT molecular complexity index is 251. The van der Waals surface area contributed by atoms with Crippen molar-refractivity contribution in [1.82, 2.24) is 4.72 Å². The monoisotopic (exact) mass is 203 g/mol. The van der Waals surface area contributed by atoms with Crippen LogP contribution in [0.1, 0.15) is 32.6 Å². The van der Waals surface area contributed by atoms with Crippen LogP contribution < -0.4 is 4.72 Å². The fourth-order valence-corrected chi connectivity index (χ4v) is 2.06. The number of rotatable bonds is 7. The van der Waals surface area contributed by atoms with Crippen LogP contribution in [0.5, 0.6) is 0 Å². The standard InChI is InChI=1S/C9H17NO2S/c1-3-5-6-7-8-10-13(11,12)9-4-2/h1,10H,4-9H2,2H3. The topological polar surface area (TPSA) is 46.2 Å². The van der Waals surface area contributed by atoms with Gasteiger partial charge in [0.15, 0.2) is 0 Å². The molecular formula is C9H17NO2S. The van der Waals surface area contributed by atoms with E-state index in [0.29, 0.717) is 13.0 Å². The molecule has 0 rings (SSSR count). The first-order valence-electron chi connectivity index (χ1n) is 4.53. The smallest absolute Gasteiger partial charge is 0.211 e. The number of hydrogen-bond donors (Lipinski definition) is 1. The van der Waals surface area contributed by atoms with Crippen molar-refractivity contribution in [3.8, 4) is 12.3 Å². The van der Waals surface area contributed by atoms with Crippen LogP contribution in [0.2, 0.25) is 0 Å². The maximum atomic E-state index is 11.1. The summed E-state index contributed by atoms with van der Waals surface area (Å²) in [5, 5.41) is 0. The molecule has 4 heteroatoms. The summed E-state index contributed by atoms with van der Waals surface area (Å²) in [6.07, 6.45) is 8.12. The number of sulfonamides is 1. The average Bonchev–Trinajstić information content (AvgIpc) is 2.04. The third-order valence-corrected chi connectivity index (χ3v) is 3.13. The second kappa shape index (κ2) is 6.93. The molecule has 0 aromatic heterocycles. The van der Waals surface area contributed by atoms with E-state index in [-0.39, 0.29) is 5.75 Å². The Morgan fingerprint density at radius 3 is 2.62 bits per heavy atom. The van der Waals surface area contributed by atoms with E-state index in [1.54, 1.807) is 0 Å². The van der Waals surface area contributed by atoms with Crippen LogP contribution in [0.25, 0.3) is 0 Å². The molecule has 0 spiro atoms. The maximum absolute atomic E-state index is 11.1. The van der Waals surface area contributed by atoms with Crippen molar-refractivity contribution >= 4 is 10.0 Å². The Hall–Kier alpha value is -0.530. The number of nitrogens with one attached hydrogen (secondary N) is 1. The fourth-order valence-electron chi connectivity index (χ4n) is 0.921. The van der Waals surface area contributed by atoms with Gasteiger partial charge in [0, 0.05) is 13.0 Å². The SMILES string of the molecule is C#CCCCCNS(=O)(=O)CCC. The molecule has 0 radical (unpaired) electrons. The molecule has 0 aromatic carbocycles. The zero-order valence-electron chi connectivity index (χ0n) is 8.04. The Balaban J connectivity index is 3.48. The first kappa shape index (κ1) is 12.5. The number of terminal acetylenes is 1. The summed E-state index contributed by atoms with van der Waals surface area (Å²) in [7, 11) is -3.02. The van der Waals surface area contributed by atoms with E-state index in [0.717, 1.165) is 19.3 Å². The molecule has 0 saturated carbocycles. The first-order valence-corrected chi connectivity index (χ1v) is 6.18. The highest BCUT2D eigenvalue weighted by Crippen LogP contribution is 1.94. The molecule has 0 amide bonds. The molecule has 0 atom stereocenters. The number of hydrogen-bond acceptors (Lipinski definition) is 2. The third kappa shape index (κ3) is 7.82. The minimum absolute atomic E-state index is 0.210. The molecule has 76 valence electrons. The van der Waals surface area contributed by atoms with Gasteiger partial charge in [-0.15, -0.1) is 12.3 Å². The van der Waals surface area contributed by atoms with Crippen molar-refractivity contribution in [3.63, 3.8) is 0 Å². The van der Waals surface area contributed by atoms with Crippen LogP contribution in [-0.4, -0.2) is 20.7 Å². The minimum Gasteiger partial charge on any atom is -0.215 e. The largest absolute Gasteiger partial charge is 0.215 e. The van der Waals surface area contributed by atoms with Crippen LogP contribution in [0, 0.1) is 12.3 Å². The lowest BCUT2D eigenvalue weighted by atomic mass is 10.2. The summed E-state index contributed by atoms with van der Waals surface area (Å²) in [6, 6.07) is 0. The quantitative estimate of drug-likeness (QED) is 0.498. The van der Waals surface area contributed by atoms with Gasteiger partial charge >= 0.3 is 0 Å². The lowest BCUT2D eigenvalue weighted by Gasteiger charge is -2.03. The van der Waals surface area contributed by atoms with Crippen LogP contribution in [-0.2, 0) is 10.0 Å². The Kier molecular flexibility index (Phi) is 6.65. The second-order valence-electron chi connectivity index (χ2n) is 2.87. The summed E-state index contributed by atoms with van der Waals surface area (Å²) in [4.78, 5) is 0. The summed E-state index contributed by atoms with van der Waals surface area (Å²) in [5.41, 5.74) is 0. The predicted molar refractivity (Wildman–Crippen MR) is 54.8 cm³/mol. The number of unbranched alkanes of at least 4 members (excludes halogenated alkanes) is 2. The maximum Gasteiger partial charge on any atom is 0.211 e. The van der Waals surface area contributed by atoms with Crippen molar-refractivity contribution in [3.05, 3.63) is 0 Å². The van der Waals surface area contributed by atoms with Gasteiger partial charge in [0.25, 0.3) is 0 Å². The van der Waals surface area contributed by atoms with Crippen LogP contribution in [0.3, 0.4) is 0 Å². The lowest BCUT2D eigenvalue weighted by Crippen LogP contribution is -2.27. The molecule has 0 aromatic rings. The van der Waals surface area contributed by atoms with Gasteiger partial charge in [-0.2, -0.15) is 0 Å². The van der Waals surface area contributed by atoms with Crippen molar-refractivity contribution in [1.29, 1.82) is 0 Å². The van der Waals surface area contributed by atoms with Gasteiger partial charge < -0.3 is 0 Å². The molecule has 0 saturated heterocycles. The Morgan fingerprint density at radius 1 is 1.38 bits per heavy atom. The predicted octanol–water partition coefficient (Wildman–Crippen LogP) is 1.12. The van der Waals surface area contributed by atoms with Crippen LogP contribution >= 0.6 is 0 Å². The Labute approximate surface area is 81.0 Å². The van der Waals surface area contributed by atoms with E-state index in [1.165, 1.54) is 0 Å². The van der Waals surface area contributed by atoms with Crippen molar-refractivity contribution < 1.29 is 8.42 Å². The third-order valence-electron chi connectivity index (χ3n) is 1.54. The van der Waals surface area contributed by atoms with Crippen LogP contribution in [0.4, 0.5) is 0 Å². The minimum atomic E-state index is -3.02. The van der Waals surface area contributed by atoms with Gasteiger partial charge in [-0.05, 0) is 19.3 Å². The molecule has 1 N–H and O–H groups in total. The van der Waals surface area contributed by atoms with Crippen LogP contribution in [0.15, 0.2) is 0 Å². The molecule has 0 aliphatic heterocycles. The lowest BCUT2D eigenvalue weighted by molar-refractivity contribution is 0.576. The normalized spacial score (nSPS) is 11.1. The molecule has 0 aliphatic rings. The highest BCUT2D eigenvalue weighted by atomic mass is 32.2. The van der Waals surface area contributed by atoms with Gasteiger partial charge in [-0.3, -0.25) is 0 Å². The van der Waals surface area contributed by atoms with Crippen molar-refractivity contribution in [2.24, 2.45) is 0 Å². The molecule has 0 aliphatic carbocycles. The van der Waals surface area contributed by atoms with Gasteiger partial charge in [0.2, 0.25) is 10.0 Å². The summed E-state index contributed by atoms with van der Waals surface area (Å²) < 4.78 is 24.7. The second-order valence-corrected chi connectivity index (χ2v) is 4.80. The van der Waals surface area contributed by atoms with E-state index in [2.05, 4.69) is 10.6 Å². The molecule has 0 fully saturated rings. The van der Waals surface area contributed by atoms with Gasteiger partial charge in [-0.1, -0.05) is 6.92 Å². The van der Waals surface area contributed by atoms with Gasteiger partial charge in [0.05, 0.1) is 5.75 Å². The molecule has 3 nitrogen and oxygen atoms in total. The Morgan fingerprint density at radius 2 is 2.08 bits per heavy atom. The molecular weight excluding hydrogens is 186 g/mol. The average molecular weight is 203 g/mol. The zero-order valence-corrected chi connectivity index (χ0v) is 8.86. The van der Waals surface area contributed by atoms with E-state index in [1.807, 2.05) is 6.92 Å². The van der Waals surface area contributed by atoms with E-state index in [4.69, 9.17) is 6.42 Å². The zero-order chi connectivity index (χ0) is 10.2. The highest BCUT2D eigenvalue weighted by molar-refractivity contribution is 7.89. The summed E-state index contributed by atoms with van der Waals surface area (Å²) in [5.74, 6) is 2.72. The summed E-state index contributed by atoms with van der Waals surface area (Å²) in [6.45, 7) is 2.35. The summed E-state index contributed by atoms with van der Waals surface area (Å²) >= 11 is 0. The molecule has 0 heterocycles. The van der Waals surface area contributed by atoms with E-state index < -0.39 is 10.0 Å². The molecule has 0 unspecified atom stereocenters. The fraction of sp³-hybridized carbons (Fsp3) is 0.778. The van der Waals surface area contributed by atoms with E-state index in [9.17, 15) is 8.42 Å². The first-order chi connectivity index (χ1) is 6.12. The molecule has 0 bridgehead atoms. The van der Waals surface area contributed by atoms with Crippen molar-refractivity contribution in [2.75, 3.05) is 12.3 Å². The van der Waals surface area contributed by atoms with Crippen molar-refractivity contribution in [2.45, 2.75) is 32.6 Å². The highest BCUT2D eigenvalue weighted by Gasteiger charge is 2.05. The molecule has 13 heavy (non-hydrogen) atoms. The van der Waals surface area contributed by atoms with Gasteiger partial charge in [-0.25, -0.2) is 13.1 Å². The van der Waals surface area contributed by atoms with E-state index >= 15 is 0 Å².